The number of piperidine rings is 1. The molecule has 0 aromatic heterocycles. The third-order valence-electron chi connectivity index (χ3n) is 9.50. The fraction of sp³-hybridized carbons (Fsp3) is 0.828. The van der Waals surface area contributed by atoms with Gasteiger partial charge in [-0.05, 0) is 40.9 Å². The van der Waals surface area contributed by atoms with Crippen molar-refractivity contribution in [3.05, 3.63) is 0 Å². The van der Waals surface area contributed by atoms with E-state index in [9.17, 15) is 32.4 Å². The molecule has 3 fully saturated rings. The summed E-state index contributed by atoms with van der Waals surface area (Å²) in [6.07, 6.45) is 4.20. The van der Waals surface area contributed by atoms with Gasteiger partial charge >= 0.3 is 6.03 Å². The summed E-state index contributed by atoms with van der Waals surface area (Å²) in [6, 6.07) is -4.13. The molecule has 5 amide bonds. The predicted octanol–water partition coefficient (Wildman–Crippen LogP) is 0.487. The molecule has 14 heteroatoms. The zero-order chi connectivity index (χ0) is 32.7. The van der Waals surface area contributed by atoms with Gasteiger partial charge in [0, 0.05) is 19.1 Å². The van der Waals surface area contributed by atoms with Gasteiger partial charge in [-0.1, -0.05) is 67.7 Å². The first-order chi connectivity index (χ1) is 19.6. The van der Waals surface area contributed by atoms with E-state index in [1.165, 1.54) is 4.90 Å². The van der Waals surface area contributed by atoms with Crippen LogP contribution in [0.3, 0.4) is 0 Å². The summed E-state index contributed by atoms with van der Waals surface area (Å²) < 4.78 is 25.6. The number of likely N-dealkylation sites (tertiary alicyclic amines) is 1. The van der Waals surface area contributed by atoms with Crippen LogP contribution in [0.4, 0.5) is 4.79 Å². The number of carbonyl (C=O) groups is 5. The van der Waals surface area contributed by atoms with Gasteiger partial charge in [0.05, 0.1) is 12.3 Å². The van der Waals surface area contributed by atoms with Crippen LogP contribution >= 0.6 is 0 Å². The van der Waals surface area contributed by atoms with E-state index in [1.807, 2.05) is 27.7 Å². The highest BCUT2D eigenvalue weighted by Gasteiger charge is 2.70. The molecule has 3 aliphatic rings. The minimum Gasteiger partial charge on any atom is -0.363 e. The summed E-state index contributed by atoms with van der Waals surface area (Å²) >= 11 is 0. The highest BCUT2D eigenvalue weighted by Crippen LogP contribution is 2.65. The molecule has 6 N–H and O–H groups in total. The Kier molecular flexibility index (Phi) is 10.3. The molecule has 2 aliphatic carbocycles. The van der Waals surface area contributed by atoms with Crippen LogP contribution in [0, 0.1) is 34.5 Å². The van der Waals surface area contributed by atoms with Gasteiger partial charge in [0.2, 0.25) is 27.6 Å². The highest BCUT2D eigenvalue weighted by atomic mass is 32.2. The second kappa shape index (κ2) is 12.7. The van der Waals surface area contributed by atoms with Crippen LogP contribution in [0.1, 0.15) is 74.1 Å². The lowest BCUT2D eigenvalue weighted by Gasteiger charge is -2.38. The number of primary amides is 1. The number of rotatable bonds is 13. The lowest BCUT2D eigenvalue weighted by Crippen LogP contribution is -2.62. The lowest BCUT2D eigenvalue weighted by atomic mass is 9.80. The SMILES string of the molecule is CC(C)[C@@H](CNS(C)(=O)=O)NC(=O)N[C@H](C(=O)N1C[C@H]2[C@@H]([C@H]1C(=O)NC(CC1CCC1)C(=O)C(N)=O)C2(C)C)C(C)(C)C. The molecular formula is C29H50N6O7S. The molecule has 3 rings (SSSR count). The first kappa shape index (κ1) is 34.7. The summed E-state index contributed by atoms with van der Waals surface area (Å²) in [5.41, 5.74) is 4.35. The molecule has 0 radical (unpaired) electrons. The largest absolute Gasteiger partial charge is 0.363 e. The Morgan fingerprint density at radius 1 is 1.02 bits per heavy atom. The van der Waals surface area contributed by atoms with Crippen molar-refractivity contribution in [1.29, 1.82) is 0 Å². The molecule has 0 aromatic carbocycles. The van der Waals surface area contributed by atoms with Gasteiger partial charge in [-0.15, -0.1) is 0 Å². The maximum atomic E-state index is 14.1. The van der Waals surface area contributed by atoms with Crippen LogP contribution < -0.4 is 26.4 Å². The van der Waals surface area contributed by atoms with Crippen LogP contribution in [0.5, 0.6) is 0 Å². The number of hydrogen-bond donors (Lipinski definition) is 5. The number of sulfonamides is 1. The third kappa shape index (κ3) is 8.25. The Balaban J connectivity index is 1.80. The molecule has 0 bridgehead atoms. The summed E-state index contributed by atoms with van der Waals surface area (Å²) in [7, 11) is -3.48. The number of Topliss-reactive ketones (excluding diaryl/α,β-unsaturated/α-hetero) is 1. The predicted molar refractivity (Wildman–Crippen MR) is 161 cm³/mol. The molecule has 6 atom stereocenters. The van der Waals surface area contributed by atoms with Crippen molar-refractivity contribution in [2.24, 2.45) is 40.2 Å². The number of urea groups is 1. The monoisotopic (exact) mass is 626 g/mol. The van der Waals surface area contributed by atoms with Crippen molar-refractivity contribution in [2.75, 3.05) is 19.3 Å². The summed E-state index contributed by atoms with van der Waals surface area (Å²) in [5, 5.41) is 8.31. The quantitative estimate of drug-likeness (QED) is 0.183. The van der Waals surface area contributed by atoms with E-state index < -0.39 is 69.1 Å². The lowest BCUT2D eigenvalue weighted by molar-refractivity contribution is -0.145. The van der Waals surface area contributed by atoms with Crippen molar-refractivity contribution in [1.82, 2.24) is 25.6 Å². The third-order valence-corrected chi connectivity index (χ3v) is 10.2. The molecule has 43 heavy (non-hydrogen) atoms. The van der Waals surface area contributed by atoms with E-state index in [-0.39, 0.29) is 35.6 Å². The van der Waals surface area contributed by atoms with Crippen molar-refractivity contribution in [3.8, 4) is 0 Å². The van der Waals surface area contributed by atoms with E-state index in [0.717, 1.165) is 25.5 Å². The number of nitrogens with zero attached hydrogens (tertiary/aromatic N) is 1. The number of nitrogens with one attached hydrogen (secondary N) is 4. The highest BCUT2D eigenvalue weighted by molar-refractivity contribution is 7.88. The first-order valence-corrected chi connectivity index (χ1v) is 17.0. The Morgan fingerprint density at radius 3 is 2.09 bits per heavy atom. The van der Waals surface area contributed by atoms with Crippen LogP contribution in [0.15, 0.2) is 0 Å². The van der Waals surface area contributed by atoms with Gasteiger partial charge in [-0.2, -0.15) is 0 Å². The zero-order valence-corrected chi connectivity index (χ0v) is 27.5. The molecule has 2 saturated carbocycles. The number of nitrogens with two attached hydrogens (primary N) is 1. The first-order valence-electron chi connectivity index (χ1n) is 15.1. The molecule has 1 heterocycles. The second-order valence-electron chi connectivity index (χ2n) is 14.6. The Morgan fingerprint density at radius 2 is 1.63 bits per heavy atom. The standard InChI is InChI=1S/C29H50N6O7S/c1-15(2)19(13-31-43(8,41)42)33-27(40)34-23(28(3,4)5)26(39)35-14-17-20(29(17,6)7)21(35)25(38)32-18(22(36)24(30)37)12-16-10-9-11-16/h15-21,23,31H,9-14H2,1-8H3,(H2,30,37)(H,32,38)(H2,33,34,40)/t17-,18?,19+,20-,21-,23+/m0/s1. The topological polar surface area (TPSA) is 197 Å². The molecule has 0 aromatic rings. The van der Waals surface area contributed by atoms with E-state index in [2.05, 4.69) is 20.7 Å². The van der Waals surface area contributed by atoms with Gasteiger partial charge in [-0.3, -0.25) is 19.2 Å². The van der Waals surface area contributed by atoms with Crippen molar-refractivity contribution in [3.63, 3.8) is 0 Å². The number of ketones is 1. The number of carbonyl (C=O) groups excluding carboxylic acids is 5. The maximum Gasteiger partial charge on any atom is 0.315 e. The molecule has 1 aliphatic heterocycles. The van der Waals surface area contributed by atoms with E-state index in [1.54, 1.807) is 20.8 Å². The van der Waals surface area contributed by atoms with Gasteiger partial charge in [0.25, 0.3) is 5.91 Å². The van der Waals surface area contributed by atoms with Crippen molar-refractivity contribution < 1.29 is 32.4 Å². The second-order valence-corrected chi connectivity index (χ2v) is 16.4. The fourth-order valence-electron chi connectivity index (χ4n) is 6.39. The molecule has 1 unspecified atom stereocenters. The van der Waals surface area contributed by atoms with E-state index in [0.29, 0.717) is 13.0 Å². The molecule has 1 saturated heterocycles. The summed E-state index contributed by atoms with van der Waals surface area (Å²) in [6.45, 7) is 13.5. The van der Waals surface area contributed by atoms with E-state index in [4.69, 9.17) is 5.73 Å². The van der Waals surface area contributed by atoms with Crippen LogP contribution in [0.25, 0.3) is 0 Å². The smallest absolute Gasteiger partial charge is 0.315 e. The Hall–Kier alpha value is -2.74. The molecule has 13 nitrogen and oxygen atoms in total. The number of hydrogen-bond acceptors (Lipinski definition) is 7. The molecule has 0 spiro atoms. The Bertz CT molecular complexity index is 1220. The average Bonchev–Trinajstić information content (AvgIpc) is 3.17. The van der Waals surface area contributed by atoms with Crippen LogP contribution in [-0.4, -0.2) is 86.4 Å². The fourth-order valence-corrected chi connectivity index (χ4v) is 6.87. The molecular weight excluding hydrogens is 576 g/mol. The Labute approximate surface area is 255 Å². The van der Waals surface area contributed by atoms with Gasteiger partial charge in [0.15, 0.2) is 0 Å². The zero-order valence-electron chi connectivity index (χ0n) is 26.7. The van der Waals surface area contributed by atoms with E-state index >= 15 is 0 Å². The number of amides is 5. The normalized spacial score (nSPS) is 25.1. The summed E-state index contributed by atoms with van der Waals surface area (Å²) in [4.78, 5) is 67.0. The van der Waals surface area contributed by atoms with Crippen LogP contribution in [-0.2, 0) is 29.2 Å². The van der Waals surface area contributed by atoms with Crippen LogP contribution in [0.2, 0.25) is 0 Å². The van der Waals surface area contributed by atoms with Gasteiger partial charge in [0.1, 0.15) is 12.1 Å². The van der Waals surface area contributed by atoms with Gasteiger partial charge in [-0.25, -0.2) is 17.9 Å². The van der Waals surface area contributed by atoms with Crippen molar-refractivity contribution in [2.45, 2.75) is 98.3 Å². The van der Waals surface area contributed by atoms with Gasteiger partial charge < -0.3 is 26.6 Å². The minimum atomic E-state index is -3.48. The average molecular weight is 627 g/mol. The minimum absolute atomic E-state index is 0.0170. The summed E-state index contributed by atoms with van der Waals surface area (Å²) in [5.74, 6) is -2.87. The maximum absolute atomic E-state index is 14.1. The number of fused-ring (bicyclic) bond motifs is 1. The van der Waals surface area contributed by atoms with Crippen molar-refractivity contribution >= 4 is 39.6 Å². The molecule has 244 valence electrons.